The zero-order valence-electron chi connectivity index (χ0n) is 15.1. The first-order valence-electron chi connectivity index (χ1n) is 8.55. The molecular formula is C18H28ClN5. The molecular weight excluding hydrogens is 322 g/mol. The van der Waals surface area contributed by atoms with Gasteiger partial charge in [0.1, 0.15) is 17.2 Å². The Morgan fingerprint density at radius 2 is 2.12 bits per heavy atom. The number of hydrazine groups is 1. The predicted octanol–water partition coefficient (Wildman–Crippen LogP) is 3.94. The van der Waals surface area contributed by atoms with E-state index in [4.69, 9.17) is 11.6 Å². The van der Waals surface area contributed by atoms with Gasteiger partial charge in [-0.25, -0.2) is 15.4 Å². The zero-order chi connectivity index (χ0) is 17.6. The van der Waals surface area contributed by atoms with Gasteiger partial charge in [-0.05, 0) is 45.6 Å². The Morgan fingerprint density at radius 3 is 2.83 bits per heavy atom. The number of allylic oxidation sites excluding steroid dienone is 1. The lowest BCUT2D eigenvalue weighted by Gasteiger charge is -2.36. The monoisotopic (exact) mass is 349 g/mol. The minimum absolute atomic E-state index is 0.0375. The molecule has 0 bridgehead atoms. The Morgan fingerprint density at radius 1 is 1.33 bits per heavy atom. The number of hydrogen-bond donors (Lipinski definition) is 2. The fraction of sp³-hybridized carbons (Fsp3) is 0.556. The van der Waals surface area contributed by atoms with Gasteiger partial charge in [-0.2, -0.15) is 0 Å². The average molecular weight is 350 g/mol. The molecule has 0 atom stereocenters. The highest BCUT2D eigenvalue weighted by Crippen LogP contribution is 2.22. The van der Waals surface area contributed by atoms with E-state index in [2.05, 4.69) is 64.8 Å². The van der Waals surface area contributed by atoms with Crippen molar-refractivity contribution in [2.45, 2.75) is 52.5 Å². The normalized spacial score (nSPS) is 15.7. The number of anilines is 1. The summed E-state index contributed by atoms with van der Waals surface area (Å²) in [6.07, 6.45) is 10.9. The van der Waals surface area contributed by atoms with Crippen molar-refractivity contribution in [3.8, 4) is 0 Å². The zero-order valence-corrected chi connectivity index (χ0v) is 15.8. The molecule has 0 saturated carbocycles. The van der Waals surface area contributed by atoms with Gasteiger partial charge in [0.15, 0.2) is 0 Å². The molecule has 132 valence electrons. The summed E-state index contributed by atoms with van der Waals surface area (Å²) < 4.78 is 0. The summed E-state index contributed by atoms with van der Waals surface area (Å²) in [6, 6.07) is 0. The largest absolute Gasteiger partial charge is 0.368 e. The SMILES string of the molecule is CCc1ncnc(NCCC2=CN(C(C)(C)C)NCCC=C2)c1Cl. The highest BCUT2D eigenvalue weighted by Gasteiger charge is 2.18. The van der Waals surface area contributed by atoms with E-state index in [1.54, 1.807) is 6.33 Å². The molecule has 0 aromatic carbocycles. The Labute approximate surface area is 150 Å². The van der Waals surface area contributed by atoms with E-state index in [9.17, 15) is 0 Å². The maximum atomic E-state index is 6.33. The molecule has 2 heterocycles. The van der Waals surface area contributed by atoms with Gasteiger partial charge in [-0.3, -0.25) is 0 Å². The lowest BCUT2D eigenvalue weighted by atomic mass is 10.1. The summed E-state index contributed by atoms with van der Waals surface area (Å²) in [4.78, 5) is 8.44. The van der Waals surface area contributed by atoms with Crippen molar-refractivity contribution >= 4 is 17.4 Å². The second kappa shape index (κ2) is 8.49. The molecule has 0 saturated heterocycles. The van der Waals surface area contributed by atoms with E-state index in [0.29, 0.717) is 10.8 Å². The van der Waals surface area contributed by atoms with Crippen LogP contribution >= 0.6 is 11.6 Å². The van der Waals surface area contributed by atoms with Crippen LogP contribution in [0.4, 0.5) is 5.82 Å². The summed E-state index contributed by atoms with van der Waals surface area (Å²) in [5, 5.41) is 6.15. The van der Waals surface area contributed by atoms with Crippen LogP contribution in [-0.4, -0.2) is 33.6 Å². The van der Waals surface area contributed by atoms with Crippen LogP contribution in [0.5, 0.6) is 0 Å². The fourth-order valence-corrected chi connectivity index (χ4v) is 2.74. The van der Waals surface area contributed by atoms with Crippen LogP contribution in [0.2, 0.25) is 5.02 Å². The van der Waals surface area contributed by atoms with Crippen molar-refractivity contribution in [3.05, 3.63) is 41.0 Å². The van der Waals surface area contributed by atoms with Crippen molar-refractivity contribution in [2.24, 2.45) is 0 Å². The third-order valence-electron chi connectivity index (χ3n) is 3.85. The maximum Gasteiger partial charge on any atom is 0.148 e. The molecule has 0 amide bonds. The van der Waals surface area contributed by atoms with Crippen molar-refractivity contribution in [2.75, 3.05) is 18.4 Å². The molecule has 1 aliphatic rings. The minimum atomic E-state index is 0.0375. The third-order valence-corrected chi connectivity index (χ3v) is 4.24. The van der Waals surface area contributed by atoms with Gasteiger partial charge in [0.25, 0.3) is 0 Å². The van der Waals surface area contributed by atoms with Gasteiger partial charge in [-0.15, -0.1) is 0 Å². The highest BCUT2D eigenvalue weighted by atomic mass is 35.5. The summed E-state index contributed by atoms with van der Waals surface area (Å²) in [5.41, 5.74) is 5.65. The second-order valence-corrected chi connectivity index (χ2v) is 7.24. The molecule has 1 aromatic rings. The lowest BCUT2D eigenvalue weighted by Crippen LogP contribution is -2.47. The van der Waals surface area contributed by atoms with E-state index in [-0.39, 0.29) is 5.54 Å². The van der Waals surface area contributed by atoms with Crippen LogP contribution in [0, 0.1) is 0 Å². The number of rotatable bonds is 5. The molecule has 24 heavy (non-hydrogen) atoms. The first-order chi connectivity index (χ1) is 11.4. The molecule has 1 aliphatic heterocycles. The number of aromatic nitrogens is 2. The minimum Gasteiger partial charge on any atom is -0.368 e. The Hall–Kier alpha value is -1.59. The van der Waals surface area contributed by atoms with E-state index in [1.807, 2.05) is 6.92 Å². The number of aryl methyl sites for hydroxylation is 1. The second-order valence-electron chi connectivity index (χ2n) is 6.86. The van der Waals surface area contributed by atoms with Crippen LogP contribution in [-0.2, 0) is 6.42 Å². The first kappa shape index (κ1) is 18.7. The van der Waals surface area contributed by atoms with Gasteiger partial charge in [0.2, 0.25) is 0 Å². The van der Waals surface area contributed by atoms with E-state index < -0.39 is 0 Å². The highest BCUT2D eigenvalue weighted by molar-refractivity contribution is 6.33. The predicted molar refractivity (Wildman–Crippen MR) is 101 cm³/mol. The van der Waals surface area contributed by atoms with Crippen LogP contribution in [0.3, 0.4) is 0 Å². The Bertz CT molecular complexity index is 604. The van der Waals surface area contributed by atoms with Gasteiger partial charge in [-0.1, -0.05) is 30.7 Å². The molecule has 6 heteroatoms. The van der Waals surface area contributed by atoms with Crippen LogP contribution < -0.4 is 10.7 Å². The number of hydrogen-bond acceptors (Lipinski definition) is 5. The van der Waals surface area contributed by atoms with Crippen LogP contribution in [0.15, 0.2) is 30.3 Å². The number of halogens is 1. The van der Waals surface area contributed by atoms with E-state index in [1.165, 1.54) is 5.57 Å². The van der Waals surface area contributed by atoms with E-state index >= 15 is 0 Å². The average Bonchev–Trinajstić information content (AvgIpc) is 2.49. The van der Waals surface area contributed by atoms with Crippen molar-refractivity contribution in [1.82, 2.24) is 20.4 Å². The molecule has 0 spiro atoms. The summed E-state index contributed by atoms with van der Waals surface area (Å²) in [5.74, 6) is 0.713. The van der Waals surface area contributed by atoms with E-state index in [0.717, 1.165) is 38.0 Å². The topological polar surface area (TPSA) is 53.1 Å². The Kier molecular flexibility index (Phi) is 6.63. The smallest absolute Gasteiger partial charge is 0.148 e. The summed E-state index contributed by atoms with van der Waals surface area (Å²) >= 11 is 6.33. The van der Waals surface area contributed by atoms with Gasteiger partial charge < -0.3 is 10.3 Å². The van der Waals surface area contributed by atoms with Gasteiger partial charge in [0, 0.05) is 24.8 Å². The Balaban J connectivity index is 2.01. The summed E-state index contributed by atoms with van der Waals surface area (Å²) in [6.45, 7) is 10.4. The molecule has 0 radical (unpaired) electrons. The van der Waals surface area contributed by atoms with Crippen molar-refractivity contribution in [3.63, 3.8) is 0 Å². The third kappa shape index (κ3) is 5.21. The molecule has 5 nitrogen and oxygen atoms in total. The van der Waals surface area contributed by atoms with Gasteiger partial charge >= 0.3 is 0 Å². The molecule has 0 aliphatic carbocycles. The molecule has 0 unspecified atom stereocenters. The van der Waals surface area contributed by atoms with Crippen LogP contribution in [0.25, 0.3) is 0 Å². The fourth-order valence-electron chi connectivity index (χ4n) is 2.44. The molecule has 2 N–H and O–H groups in total. The molecule has 2 rings (SSSR count). The lowest BCUT2D eigenvalue weighted by molar-refractivity contribution is 0.136. The first-order valence-corrected chi connectivity index (χ1v) is 8.93. The number of nitrogens with zero attached hydrogens (tertiary/aromatic N) is 3. The van der Waals surface area contributed by atoms with Crippen molar-refractivity contribution < 1.29 is 0 Å². The maximum absolute atomic E-state index is 6.33. The van der Waals surface area contributed by atoms with Gasteiger partial charge in [0.05, 0.1) is 5.69 Å². The van der Waals surface area contributed by atoms with Crippen molar-refractivity contribution in [1.29, 1.82) is 0 Å². The molecule has 1 aromatic heterocycles. The molecule has 0 fully saturated rings. The standard InChI is InChI=1S/C18H28ClN5/c1-5-15-16(19)17(22-13-21-15)20-11-9-14-8-6-7-10-23-24(12-14)18(2,3)4/h6,8,12-13,23H,5,7,9-11H2,1-4H3,(H,20,21,22). The quantitative estimate of drug-likeness (QED) is 0.843. The van der Waals surface area contributed by atoms with Crippen LogP contribution in [0.1, 0.15) is 46.2 Å². The summed E-state index contributed by atoms with van der Waals surface area (Å²) in [7, 11) is 0. The number of nitrogens with one attached hydrogen (secondary N) is 2.